The van der Waals surface area contributed by atoms with Crippen LogP contribution in [0.3, 0.4) is 0 Å². The van der Waals surface area contributed by atoms with Gasteiger partial charge in [-0.15, -0.1) is 0 Å². The van der Waals surface area contributed by atoms with Gasteiger partial charge in [-0.05, 0) is 55.3 Å². The van der Waals surface area contributed by atoms with E-state index in [9.17, 15) is 17.6 Å². The quantitative estimate of drug-likeness (QED) is 0.638. The Labute approximate surface area is 160 Å². The van der Waals surface area contributed by atoms with E-state index in [0.717, 1.165) is 17.2 Å². The van der Waals surface area contributed by atoms with E-state index in [0.29, 0.717) is 22.8 Å². The zero-order valence-electron chi connectivity index (χ0n) is 14.7. The number of nitrogens with zero attached hydrogens (tertiary/aromatic N) is 1. The smallest absolute Gasteiger partial charge is 0.261 e. The van der Waals surface area contributed by atoms with Gasteiger partial charge in [0.05, 0.1) is 20.8 Å². The number of hydrogen-bond donors (Lipinski definition) is 2. The normalized spacial score (nSPS) is 11.5. The molecule has 142 valence electrons. The molecule has 27 heavy (non-hydrogen) atoms. The highest BCUT2D eigenvalue weighted by Crippen LogP contribution is 2.29. The van der Waals surface area contributed by atoms with Crippen molar-refractivity contribution in [1.29, 1.82) is 0 Å². The van der Waals surface area contributed by atoms with Crippen molar-refractivity contribution in [2.75, 3.05) is 10.0 Å². The third-order valence-corrected chi connectivity index (χ3v) is 6.13. The molecule has 0 aliphatic carbocycles. The number of anilines is 2. The van der Waals surface area contributed by atoms with Gasteiger partial charge in [-0.1, -0.05) is 18.3 Å². The van der Waals surface area contributed by atoms with Crippen molar-refractivity contribution in [2.45, 2.75) is 31.6 Å². The number of carbonyl (C=O) groups is 1. The van der Waals surface area contributed by atoms with Crippen LogP contribution in [0.15, 0.2) is 41.3 Å². The van der Waals surface area contributed by atoms with Crippen LogP contribution >= 0.6 is 11.3 Å². The number of aryl methyl sites for hydroxylation is 1. The molecule has 1 amide bonds. The molecule has 0 saturated carbocycles. The zero-order valence-corrected chi connectivity index (χ0v) is 16.4. The van der Waals surface area contributed by atoms with Crippen molar-refractivity contribution in [2.24, 2.45) is 0 Å². The van der Waals surface area contributed by atoms with E-state index in [1.807, 2.05) is 6.92 Å². The summed E-state index contributed by atoms with van der Waals surface area (Å²) in [5.41, 5.74) is 1.16. The van der Waals surface area contributed by atoms with Crippen molar-refractivity contribution in [3.05, 3.63) is 47.8 Å². The molecule has 2 N–H and O–H groups in total. The lowest BCUT2D eigenvalue weighted by Crippen LogP contribution is -2.13. The first kappa shape index (κ1) is 19.2. The fourth-order valence-corrected chi connectivity index (χ4v) is 4.45. The van der Waals surface area contributed by atoms with Crippen molar-refractivity contribution < 1.29 is 17.6 Å². The van der Waals surface area contributed by atoms with E-state index in [4.69, 9.17) is 0 Å². The summed E-state index contributed by atoms with van der Waals surface area (Å²) < 4.78 is 41.7. The average molecular weight is 407 g/mol. The molecular formula is C18H18FN3O3S2. The maximum Gasteiger partial charge on any atom is 0.261 e. The SMILES string of the molecule is CCCC(=O)Nc1nc2cc(NS(=O)(=O)c3ccc(F)c(C)c3)ccc2s1. The predicted molar refractivity (Wildman–Crippen MR) is 105 cm³/mol. The van der Waals surface area contributed by atoms with Crippen molar-refractivity contribution in [1.82, 2.24) is 4.98 Å². The van der Waals surface area contributed by atoms with Gasteiger partial charge < -0.3 is 5.32 Å². The van der Waals surface area contributed by atoms with Crippen LogP contribution in [0.5, 0.6) is 0 Å². The molecule has 2 aromatic carbocycles. The molecule has 0 aliphatic heterocycles. The fourth-order valence-electron chi connectivity index (χ4n) is 2.45. The Hall–Kier alpha value is -2.52. The molecule has 3 aromatic rings. The van der Waals surface area contributed by atoms with E-state index >= 15 is 0 Å². The number of carbonyl (C=O) groups excluding carboxylic acids is 1. The fraction of sp³-hybridized carbons (Fsp3) is 0.222. The number of sulfonamides is 1. The highest BCUT2D eigenvalue weighted by molar-refractivity contribution is 7.92. The van der Waals surface area contributed by atoms with Crippen LogP contribution < -0.4 is 10.0 Å². The molecular weight excluding hydrogens is 389 g/mol. The van der Waals surface area contributed by atoms with Crippen molar-refractivity contribution in [3.63, 3.8) is 0 Å². The standard InChI is InChI=1S/C18H18FN3O3S2/c1-3-4-17(23)21-18-20-15-10-12(5-8-16(15)26-18)22-27(24,25)13-6-7-14(19)11(2)9-13/h5-10,22H,3-4H2,1-2H3,(H,20,21,23). The summed E-state index contributed by atoms with van der Waals surface area (Å²) in [6, 6.07) is 8.56. The minimum absolute atomic E-state index is 0.0210. The minimum atomic E-state index is -3.85. The van der Waals surface area contributed by atoms with E-state index in [1.54, 1.807) is 18.2 Å². The number of aromatic nitrogens is 1. The van der Waals surface area contributed by atoms with E-state index in [2.05, 4.69) is 15.0 Å². The van der Waals surface area contributed by atoms with Crippen LogP contribution in [0.4, 0.5) is 15.2 Å². The Morgan fingerprint density at radius 1 is 1.22 bits per heavy atom. The number of hydrogen-bond acceptors (Lipinski definition) is 5. The van der Waals surface area contributed by atoms with Gasteiger partial charge in [-0.25, -0.2) is 17.8 Å². The van der Waals surface area contributed by atoms with Gasteiger partial charge in [-0.3, -0.25) is 9.52 Å². The molecule has 0 fully saturated rings. The first-order chi connectivity index (χ1) is 12.8. The lowest BCUT2D eigenvalue weighted by molar-refractivity contribution is -0.116. The summed E-state index contributed by atoms with van der Waals surface area (Å²) in [4.78, 5) is 16.0. The lowest BCUT2D eigenvalue weighted by Gasteiger charge is -2.09. The molecule has 1 heterocycles. The second kappa shape index (κ2) is 7.61. The van der Waals surface area contributed by atoms with Crippen LogP contribution in [0, 0.1) is 12.7 Å². The van der Waals surface area contributed by atoms with Crippen molar-refractivity contribution in [3.8, 4) is 0 Å². The third-order valence-electron chi connectivity index (χ3n) is 3.80. The average Bonchev–Trinajstić information content (AvgIpc) is 2.98. The van der Waals surface area contributed by atoms with Gasteiger partial charge in [0.15, 0.2) is 5.13 Å². The Morgan fingerprint density at radius 2 is 2.00 bits per heavy atom. The summed E-state index contributed by atoms with van der Waals surface area (Å²) >= 11 is 1.32. The largest absolute Gasteiger partial charge is 0.302 e. The van der Waals surface area contributed by atoms with Crippen LogP contribution in [-0.4, -0.2) is 19.3 Å². The summed E-state index contributed by atoms with van der Waals surface area (Å²) in [5, 5.41) is 3.20. The molecule has 3 rings (SSSR count). The van der Waals surface area contributed by atoms with Gasteiger partial charge in [0.2, 0.25) is 5.91 Å². The highest BCUT2D eigenvalue weighted by atomic mass is 32.2. The highest BCUT2D eigenvalue weighted by Gasteiger charge is 2.16. The first-order valence-electron chi connectivity index (χ1n) is 8.28. The molecule has 0 bridgehead atoms. The summed E-state index contributed by atoms with van der Waals surface area (Å²) in [6.45, 7) is 3.42. The second-order valence-electron chi connectivity index (χ2n) is 6.02. The van der Waals surface area contributed by atoms with Crippen molar-refractivity contribution >= 4 is 48.3 Å². The molecule has 6 nitrogen and oxygen atoms in total. The minimum Gasteiger partial charge on any atom is -0.302 e. The maximum atomic E-state index is 13.4. The zero-order chi connectivity index (χ0) is 19.6. The molecule has 0 spiro atoms. The number of halogens is 1. The maximum absolute atomic E-state index is 13.4. The molecule has 0 atom stereocenters. The van der Waals surface area contributed by atoms with Gasteiger partial charge >= 0.3 is 0 Å². The predicted octanol–water partition coefficient (Wildman–Crippen LogP) is 4.28. The first-order valence-corrected chi connectivity index (χ1v) is 10.6. The Kier molecular flexibility index (Phi) is 5.43. The lowest BCUT2D eigenvalue weighted by atomic mass is 10.2. The molecule has 9 heteroatoms. The molecule has 0 saturated heterocycles. The summed E-state index contributed by atoms with van der Waals surface area (Å²) in [6.07, 6.45) is 1.16. The Bertz CT molecular complexity index is 1110. The third kappa shape index (κ3) is 4.42. The number of benzene rings is 2. The molecule has 1 aromatic heterocycles. The topological polar surface area (TPSA) is 88.2 Å². The Morgan fingerprint density at radius 3 is 2.70 bits per heavy atom. The van der Waals surface area contributed by atoms with Crippen LogP contribution in [0.1, 0.15) is 25.3 Å². The molecule has 0 radical (unpaired) electrons. The van der Waals surface area contributed by atoms with E-state index < -0.39 is 15.8 Å². The van der Waals surface area contributed by atoms with E-state index in [-0.39, 0.29) is 16.4 Å². The van der Waals surface area contributed by atoms with Crippen LogP contribution in [0.2, 0.25) is 0 Å². The van der Waals surface area contributed by atoms with Gasteiger partial charge in [-0.2, -0.15) is 0 Å². The number of nitrogens with one attached hydrogen (secondary N) is 2. The number of rotatable bonds is 6. The van der Waals surface area contributed by atoms with Gasteiger partial charge in [0.1, 0.15) is 5.82 Å². The molecule has 0 unspecified atom stereocenters. The van der Waals surface area contributed by atoms with Crippen LogP contribution in [0.25, 0.3) is 10.2 Å². The van der Waals surface area contributed by atoms with Gasteiger partial charge in [0.25, 0.3) is 10.0 Å². The number of thiazole rings is 1. The summed E-state index contributed by atoms with van der Waals surface area (Å²) in [7, 11) is -3.85. The summed E-state index contributed by atoms with van der Waals surface area (Å²) in [5.74, 6) is -0.570. The van der Waals surface area contributed by atoms with Gasteiger partial charge in [0, 0.05) is 6.42 Å². The number of amides is 1. The Balaban J connectivity index is 1.84. The number of fused-ring (bicyclic) bond motifs is 1. The van der Waals surface area contributed by atoms with E-state index in [1.165, 1.54) is 30.4 Å². The second-order valence-corrected chi connectivity index (χ2v) is 8.73. The van der Waals surface area contributed by atoms with Crippen LogP contribution in [-0.2, 0) is 14.8 Å². The monoisotopic (exact) mass is 407 g/mol. The molecule has 0 aliphatic rings.